The molecule has 0 bridgehead atoms. The van der Waals surface area contributed by atoms with Crippen LogP contribution in [0.3, 0.4) is 0 Å². The third-order valence-corrected chi connectivity index (χ3v) is 8.41. The molecule has 0 radical (unpaired) electrons. The first kappa shape index (κ1) is 26.3. The third kappa shape index (κ3) is 4.05. The van der Waals surface area contributed by atoms with Crippen molar-refractivity contribution in [1.82, 2.24) is 14.5 Å². The molecule has 4 heterocycles. The summed E-state index contributed by atoms with van der Waals surface area (Å²) >= 11 is 0. The maximum Gasteiger partial charge on any atom is 0.343 e. The largest absolute Gasteiger partial charge is 0.458 e. The molecule has 8 heteroatoms. The van der Waals surface area contributed by atoms with Crippen LogP contribution in [0.5, 0.6) is 0 Å². The molecule has 0 spiro atoms. The van der Waals surface area contributed by atoms with E-state index in [0.29, 0.717) is 35.6 Å². The molecule has 2 aromatic heterocycles. The van der Waals surface area contributed by atoms with Gasteiger partial charge in [0.15, 0.2) is 5.60 Å². The van der Waals surface area contributed by atoms with Gasteiger partial charge in [0.2, 0.25) is 0 Å². The number of carbonyl (C=O) groups excluding carboxylic acids is 1. The Morgan fingerprint density at radius 2 is 1.88 bits per heavy atom. The summed E-state index contributed by atoms with van der Waals surface area (Å²) in [6, 6.07) is 15.4. The molecular weight excluding hydrogens is 509 g/mol. The zero-order chi connectivity index (χ0) is 28.3. The molecular formula is C32H32FN3O4. The highest BCUT2D eigenvalue weighted by Gasteiger charge is 2.45. The predicted molar refractivity (Wildman–Crippen MR) is 150 cm³/mol. The number of hydrogen-bond donors (Lipinski definition) is 1. The second-order valence-electron chi connectivity index (χ2n) is 11.1. The average Bonchev–Trinajstić information content (AvgIpc) is 3.30. The average molecular weight is 542 g/mol. The van der Waals surface area contributed by atoms with Gasteiger partial charge in [0, 0.05) is 41.7 Å². The Labute approximate surface area is 231 Å². The molecule has 7 nitrogen and oxygen atoms in total. The zero-order valence-electron chi connectivity index (χ0n) is 23.1. The van der Waals surface area contributed by atoms with E-state index < -0.39 is 11.6 Å². The van der Waals surface area contributed by atoms with Crippen LogP contribution in [-0.2, 0) is 41.4 Å². The van der Waals surface area contributed by atoms with Gasteiger partial charge in [0.05, 0.1) is 29.0 Å². The molecule has 1 N–H and O–H groups in total. The summed E-state index contributed by atoms with van der Waals surface area (Å²) < 4.78 is 21.6. The standard InChI is InChI=1S/C32H32FN3O4/c1-5-32(39)25-12-28-29-23(16-36(28)30(37)24(25)17-40-31(32)38)22(21-11-19(4)26(33)13-27(21)34-29)15-35(18(2)3)14-20-9-7-6-8-10-20/h6-13,18,39H,5,14-17H2,1-4H3/t32-/m0/s1. The molecule has 0 aliphatic carbocycles. The van der Waals surface area contributed by atoms with Crippen LogP contribution in [0.2, 0.25) is 0 Å². The number of hydrogen-bond acceptors (Lipinski definition) is 6. The molecule has 0 saturated heterocycles. The second-order valence-corrected chi connectivity index (χ2v) is 11.1. The van der Waals surface area contributed by atoms with Crippen LogP contribution < -0.4 is 5.56 Å². The Kier molecular flexibility index (Phi) is 6.35. The highest BCUT2D eigenvalue weighted by Crippen LogP contribution is 2.41. The number of aromatic nitrogens is 2. The molecule has 6 rings (SSSR count). The predicted octanol–water partition coefficient (Wildman–Crippen LogP) is 4.94. The fourth-order valence-electron chi connectivity index (χ4n) is 5.91. The lowest BCUT2D eigenvalue weighted by molar-refractivity contribution is -0.172. The van der Waals surface area contributed by atoms with Gasteiger partial charge in [-0.05, 0) is 56.0 Å². The minimum atomic E-state index is -1.90. The van der Waals surface area contributed by atoms with Crippen molar-refractivity contribution in [2.75, 3.05) is 0 Å². The Bertz CT molecular complexity index is 1730. The van der Waals surface area contributed by atoms with E-state index in [9.17, 15) is 19.1 Å². The van der Waals surface area contributed by atoms with Crippen molar-refractivity contribution < 1.29 is 19.0 Å². The smallest absolute Gasteiger partial charge is 0.343 e. The number of fused-ring (bicyclic) bond motifs is 5. The maximum atomic E-state index is 14.8. The van der Waals surface area contributed by atoms with Crippen molar-refractivity contribution in [3.05, 3.63) is 98.1 Å². The summed E-state index contributed by atoms with van der Waals surface area (Å²) in [5.41, 5.74) is 3.52. The maximum absolute atomic E-state index is 14.8. The quantitative estimate of drug-likeness (QED) is 0.307. The van der Waals surface area contributed by atoms with Crippen molar-refractivity contribution >= 4 is 16.9 Å². The lowest BCUT2D eigenvalue weighted by Gasteiger charge is -2.31. The number of nitrogens with zero attached hydrogens (tertiary/aromatic N) is 3. The van der Waals surface area contributed by atoms with E-state index in [1.165, 1.54) is 11.6 Å². The third-order valence-electron chi connectivity index (χ3n) is 8.41. The number of benzene rings is 2. The molecule has 0 amide bonds. The van der Waals surface area contributed by atoms with Crippen LogP contribution in [0.1, 0.15) is 60.6 Å². The molecule has 2 aromatic carbocycles. The molecule has 0 unspecified atom stereocenters. The first-order valence-electron chi connectivity index (χ1n) is 13.7. The van der Waals surface area contributed by atoms with Gasteiger partial charge in [-0.25, -0.2) is 14.2 Å². The summed E-state index contributed by atoms with van der Waals surface area (Å²) in [5.74, 6) is -1.11. The zero-order valence-corrected chi connectivity index (χ0v) is 23.1. The molecule has 2 aliphatic rings. The van der Waals surface area contributed by atoms with Gasteiger partial charge in [-0.3, -0.25) is 9.69 Å². The van der Waals surface area contributed by atoms with E-state index >= 15 is 0 Å². The number of aryl methyl sites for hydroxylation is 1. The molecule has 4 aromatic rings. The van der Waals surface area contributed by atoms with Crippen molar-refractivity contribution in [1.29, 1.82) is 0 Å². The number of aliphatic hydroxyl groups is 1. The number of ether oxygens (including phenoxy) is 1. The van der Waals surface area contributed by atoms with Crippen LogP contribution in [0.15, 0.2) is 53.3 Å². The van der Waals surface area contributed by atoms with Gasteiger partial charge in [-0.2, -0.15) is 0 Å². The van der Waals surface area contributed by atoms with Gasteiger partial charge < -0.3 is 14.4 Å². The minimum Gasteiger partial charge on any atom is -0.458 e. The molecule has 0 saturated carbocycles. The highest BCUT2D eigenvalue weighted by atomic mass is 19.1. The lowest BCUT2D eigenvalue weighted by atomic mass is 9.86. The molecule has 40 heavy (non-hydrogen) atoms. The Hall–Kier alpha value is -3.88. The van der Waals surface area contributed by atoms with E-state index in [0.717, 1.165) is 23.1 Å². The first-order chi connectivity index (χ1) is 19.1. The van der Waals surface area contributed by atoms with Gasteiger partial charge in [-0.1, -0.05) is 37.3 Å². The van der Waals surface area contributed by atoms with Crippen molar-refractivity contribution in [2.45, 2.75) is 72.0 Å². The van der Waals surface area contributed by atoms with Crippen LogP contribution >= 0.6 is 0 Å². The van der Waals surface area contributed by atoms with Crippen LogP contribution in [0.25, 0.3) is 22.3 Å². The number of rotatable bonds is 6. The fourth-order valence-corrected chi connectivity index (χ4v) is 5.91. The van der Waals surface area contributed by atoms with Gasteiger partial charge in [0.1, 0.15) is 12.4 Å². The Morgan fingerprint density at radius 1 is 1.12 bits per heavy atom. The monoisotopic (exact) mass is 541 g/mol. The van der Waals surface area contributed by atoms with Crippen molar-refractivity contribution in [3.63, 3.8) is 0 Å². The van der Waals surface area contributed by atoms with Crippen LogP contribution in [0, 0.1) is 12.7 Å². The summed E-state index contributed by atoms with van der Waals surface area (Å²) in [6.07, 6.45) is 0.0678. The molecule has 1 atom stereocenters. The Morgan fingerprint density at radius 3 is 2.58 bits per heavy atom. The summed E-state index contributed by atoms with van der Waals surface area (Å²) in [4.78, 5) is 33.5. The fraction of sp³-hybridized carbons (Fsp3) is 0.344. The van der Waals surface area contributed by atoms with Crippen molar-refractivity contribution in [3.8, 4) is 11.4 Å². The van der Waals surface area contributed by atoms with Crippen LogP contribution in [0.4, 0.5) is 4.39 Å². The number of carbonyl (C=O) groups is 1. The van der Waals surface area contributed by atoms with E-state index in [1.54, 1.807) is 24.5 Å². The molecule has 206 valence electrons. The normalized spacial score (nSPS) is 17.8. The Balaban J connectivity index is 1.56. The number of cyclic esters (lactones) is 1. The van der Waals surface area contributed by atoms with Crippen molar-refractivity contribution in [2.24, 2.45) is 0 Å². The summed E-state index contributed by atoms with van der Waals surface area (Å²) in [6.45, 7) is 9.12. The second kappa shape index (κ2) is 9.64. The van der Waals surface area contributed by atoms with Crippen LogP contribution in [-0.4, -0.2) is 31.6 Å². The van der Waals surface area contributed by atoms with Gasteiger partial charge in [-0.15, -0.1) is 0 Å². The molecule has 2 aliphatic heterocycles. The highest BCUT2D eigenvalue weighted by molar-refractivity contribution is 5.89. The summed E-state index contributed by atoms with van der Waals surface area (Å²) in [5, 5.41) is 12.1. The van der Waals surface area contributed by atoms with Gasteiger partial charge in [0.25, 0.3) is 5.56 Å². The van der Waals surface area contributed by atoms with Gasteiger partial charge >= 0.3 is 5.97 Å². The van der Waals surface area contributed by atoms with E-state index in [2.05, 4.69) is 30.9 Å². The van der Waals surface area contributed by atoms with E-state index in [4.69, 9.17) is 9.72 Å². The lowest BCUT2D eigenvalue weighted by Crippen LogP contribution is -2.44. The molecule has 0 fully saturated rings. The number of halogens is 1. The summed E-state index contributed by atoms with van der Waals surface area (Å²) in [7, 11) is 0. The number of esters is 1. The van der Waals surface area contributed by atoms with E-state index in [1.807, 2.05) is 24.3 Å². The first-order valence-corrected chi connectivity index (χ1v) is 13.7. The topological polar surface area (TPSA) is 84.7 Å². The van der Waals surface area contributed by atoms with E-state index in [-0.39, 0.29) is 41.6 Å². The number of pyridine rings is 2. The SMILES string of the molecule is CC[C@@]1(O)C(=O)OCc2c1cc1n(c2=O)Cc2c-1nc1cc(F)c(C)cc1c2CN(Cc1ccccc1)C(C)C. The minimum absolute atomic E-state index is 0.0678.